The van der Waals surface area contributed by atoms with Crippen molar-refractivity contribution in [3.8, 4) is 0 Å². The molecular weight excluding hydrogens is 408 g/mol. The molecule has 3 atom stereocenters. The highest BCUT2D eigenvalue weighted by Crippen LogP contribution is 2.49. The second-order valence-electron chi connectivity index (χ2n) is 8.29. The van der Waals surface area contributed by atoms with Crippen molar-refractivity contribution in [3.05, 3.63) is 88.7 Å². The number of benzene rings is 2. The Labute approximate surface area is 185 Å². The smallest absolute Gasteiger partial charge is 0.414 e. The maximum Gasteiger partial charge on any atom is 0.414 e. The first-order valence-electron chi connectivity index (χ1n) is 10.5. The molecule has 1 fully saturated rings. The molecule has 1 aliphatic carbocycles. The summed E-state index contributed by atoms with van der Waals surface area (Å²) in [5.41, 5.74) is 4.22. The molecule has 0 radical (unpaired) electrons. The molecule has 7 heteroatoms. The largest absolute Gasteiger partial charge is 0.473 e. The van der Waals surface area contributed by atoms with Crippen molar-refractivity contribution in [1.29, 1.82) is 0 Å². The van der Waals surface area contributed by atoms with Crippen LogP contribution in [-0.2, 0) is 20.7 Å². The van der Waals surface area contributed by atoms with Gasteiger partial charge in [-0.2, -0.15) is 0 Å². The summed E-state index contributed by atoms with van der Waals surface area (Å²) in [7, 11) is 0. The van der Waals surface area contributed by atoms with Gasteiger partial charge >= 0.3 is 6.09 Å². The highest BCUT2D eigenvalue weighted by molar-refractivity contribution is 6.09. The number of imide groups is 1. The van der Waals surface area contributed by atoms with E-state index in [4.69, 9.17) is 4.74 Å². The van der Waals surface area contributed by atoms with Gasteiger partial charge in [-0.05, 0) is 49.1 Å². The molecule has 5 rings (SSSR count). The topological polar surface area (TPSA) is 87.2 Å². The Kier molecular flexibility index (Phi) is 4.62. The van der Waals surface area contributed by atoms with Crippen LogP contribution in [0.5, 0.6) is 0 Å². The second-order valence-corrected chi connectivity index (χ2v) is 8.29. The summed E-state index contributed by atoms with van der Waals surface area (Å²) in [6.07, 6.45) is -0.0544. The number of hydrogen-bond acceptors (Lipinski definition) is 4. The number of anilines is 1. The molecule has 2 aromatic rings. The third kappa shape index (κ3) is 2.85. The zero-order valence-corrected chi connectivity index (χ0v) is 17.7. The molecule has 3 unspecified atom stereocenters. The van der Waals surface area contributed by atoms with Crippen LogP contribution in [0.4, 0.5) is 10.5 Å². The number of carboxylic acid groups (broad SMARTS) is 1. The number of likely N-dealkylation sites (tertiary alicyclic amines) is 1. The minimum absolute atomic E-state index is 0.159. The SMILES string of the molecule is CC1=C(C)C(OC=C2C(=O)N(C(=O)O)C3c4ccccc4CC23)N(c2ccccc2)C1=O. The minimum atomic E-state index is -1.28. The van der Waals surface area contributed by atoms with Crippen LogP contribution in [0.15, 0.2) is 77.6 Å². The van der Waals surface area contributed by atoms with E-state index in [1.807, 2.05) is 61.5 Å². The maximum atomic E-state index is 13.0. The summed E-state index contributed by atoms with van der Waals surface area (Å²) in [6, 6.07) is 16.2. The van der Waals surface area contributed by atoms with Crippen molar-refractivity contribution in [2.45, 2.75) is 32.5 Å². The molecule has 0 saturated carbocycles. The van der Waals surface area contributed by atoms with Crippen molar-refractivity contribution in [1.82, 2.24) is 4.90 Å². The van der Waals surface area contributed by atoms with E-state index in [0.29, 0.717) is 23.3 Å². The lowest BCUT2D eigenvalue weighted by Crippen LogP contribution is -2.36. The van der Waals surface area contributed by atoms with E-state index in [9.17, 15) is 19.5 Å². The Morgan fingerprint density at radius 1 is 1.03 bits per heavy atom. The van der Waals surface area contributed by atoms with Gasteiger partial charge in [0.15, 0.2) is 0 Å². The van der Waals surface area contributed by atoms with Crippen molar-refractivity contribution in [2.24, 2.45) is 5.92 Å². The summed E-state index contributed by atoms with van der Waals surface area (Å²) in [4.78, 5) is 40.3. The molecule has 1 saturated heterocycles. The minimum Gasteiger partial charge on any atom is -0.473 e. The van der Waals surface area contributed by atoms with Gasteiger partial charge in [0.2, 0.25) is 6.23 Å². The average molecular weight is 430 g/mol. The highest BCUT2D eigenvalue weighted by atomic mass is 16.5. The second kappa shape index (κ2) is 7.37. The van der Waals surface area contributed by atoms with E-state index in [1.165, 1.54) is 6.26 Å². The van der Waals surface area contributed by atoms with Crippen molar-refractivity contribution in [3.63, 3.8) is 0 Å². The van der Waals surface area contributed by atoms with Gasteiger partial charge in [0, 0.05) is 17.2 Å². The lowest BCUT2D eigenvalue weighted by Gasteiger charge is -2.26. The van der Waals surface area contributed by atoms with Gasteiger partial charge in [-0.25, -0.2) is 9.69 Å². The third-order valence-corrected chi connectivity index (χ3v) is 6.64. The first-order chi connectivity index (χ1) is 15.4. The van der Waals surface area contributed by atoms with Gasteiger partial charge in [0.25, 0.3) is 11.8 Å². The molecular formula is C25H22N2O5. The van der Waals surface area contributed by atoms with Crippen LogP contribution in [0.2, 0.25) is 0 Å². The van der Waals surface area contributed by atoms with Gasteiger partial charge in [0.1, 0.15) is 0 Å². The van der Waals surface area contributed by atoms with Crippen LogP contribution < -0.4 is 4.90 Å². The molecule has 162 valence electrons. The summed E-state index contributed by atoms with van der Waals surface area (Å²) in [5.74, 6) is -1.05. The first kappa shape index (κ1) is 20.1. The summed E-state index contributed by atoms with van der Waals surface area (Å²) in [6.45, 7) is 3.58. The lowest BCUT2D eigenvalue weighted by atomic mass is 9.97. The van der Waals surface area contributed by atoms with Crippen LogP contribution in [-0.4, -0.2) is 34.1 Å². The molecule has 3 aliphatic rings. The molecule has 2 aliphatic heterocycles. The van der Waals surface area contributed by atoms with E-state index >= 15 is 0 Å². The maximum absolute atomic E-state index is 13.0. The monoisotopic (exact) mass is 430 g/mol. The van der Waals surface area contributed by atoms with Crippen LogP contribution in [0.25, 0.3) is 0 Å². The lowest BCUT2D eigenvalue weighted by molar-refractivity contribution is -0.124. The number of carbonyl (C=O) groups is 3. The predicted octanol–water partition coefficient (Wildman–Crippen LogP) is 4.03. The molecule has 0 bridgehead atoms. The molecule has 0 spiro atoms. The highest BCUT2D eigenvalue weighted by Gasteiger charge is 2.52. The molecule has 2 aromatic carbocycles. The molecule has 7 nitrogen and oxygen atoms in total. The van der Waals surface area contributed by atoms with E-state index < -0.39 is 24.3 Å². The molecule has 1 N–H and O–H groups in total. The van der Waals surface area contributed by atoms with Gasteiger partial charge in [0.05, 0.1) is 17.9 Å². The number of fused-ring (bicyclic) bond motifs is 3. The van der Waals surface area contributed by atoms with Gasteiger partial charge < -0.3 is 9.84 Å². The molecule has 32 heavy (non-hydrogen) atoms. The van der Waals surface area contributed by atoms with E-state index in [0.717, 1.165) is 21.6 Å². The Morgan fingerprint density at radius 3 is 2.44 bits per heavy atom. The molecule has 3 amide bonds. The first-order valence-corrected chi connectivity index (χ1v) is 10.5. The van der Waals surface area contributed by atoms with Gasteiger partial charge in [-0.3, -0.25) is 14.5 Å². The van der Waals surface area contributed by atoms with Crippen LogP contribution >= 0.6 is 0 Å². The van der Waals surface area contributed by atoms with E-state index in [1.54, 1.807) is 11.8 Å². The van der Waals surface area contributed by atoms with Gasteiger partial charge in [-0.15, -0.1) is 0 Å². The summed E-state index contributed by atoms with van der Waals surface area (Å²) < 4.78 is 6.06. The van der Waals surface area contributed by atoms with Crippen LogP contribution in [0, 0.1) is 5.92 Å². The van der Waals surface area contributed by atoms with Crippen LogP contribution in [0.1, 0.15) is 31.0 Å². The fraction of sp³-hybridized carbons (Fsp3) is 0.240. The third-order valence-electron chi connectivity index (χ3n) is 6.64. The number of hydrogen-bond donors (Lipinski definition) is 1. The average Bonchev–Trinajstić information content (AvgIpc) is 3.36. The van der Waals surface area contributed by atoms with E-state index in [2.05, 4.69) is 0 Å². The standard InChI is InChI=1S/C25H22N2O5/c1-14-15(2)24(26(22(14)28)17-9-4-3-5-10-17)32-13-20-19-12-16-8-6-7-11-18(16)21(19)27(23(20)29)25(30)31/h3-11,13,19,21,24H,12H2,1-2H3,(H,30,31). The summed E-state index contributed by atoms with van der Waals surface area (Å²) in [5, 5.41) is 9.73. The fourth-order valence-electron chi connectivity index (χ4n) is 4.92. The predicted molar refractivity (Wildman–Crippen MR) is 117 cm³/mol. The normalized spacial score (nSPS) is 25.6. The van der Waals surface area contributed by atoms with E-state index in [-0.39, 0.29) is 11.8 Å². The van der Waals surface area contributed by atoms with Crippen molar-refractivity contribution >= 4 is 23.6 Å². The Morgan fingerprint density at radius 2 is 1.72 bits per heavy atom. The summed E-state index contributed by atoms with van der Waals surface area (Å²) >= 11 is 0. The number of carbonyl (C=O) groups excluding carboxylic acids is 2. The van der Waals surface area contributed by atoms with Crippen molar-refractivity contribution in [2.75, 3.05) is 4.90 Å². The van der Waals surface area contributed by atoms with Gasteiger partial charge in [-0.1, -0.05) is 42.5 Å². The quantitative estimate of drug-likeness (QED) is 0.587. The van der Waals surface area contributed by atoms with Crippen LogP contribution in [0.3, 0.4) is 0 Å². The number of nitrogens with zero attached hydrogens (tertiary/aromatic N) is 2. The molecule has 2 heterocycles. The molecule has 0 aromatic heterocycles. The zero-order valence-electron chi connectivity index (χ0n) is 17.7. The number of amides is 3. The Hall–Kier alpha value is -3.87. The Balaban J connectivity index is 1.50. The Bertz CT molecular complexity index is 1200. The van der Waals surface area contributed by atoms with Crippen molar-refractivity contribution < 1.29 is 24.2 Å². The fourth-order valence-corrected chi connectivity index (χ4v) is 4.92. The number of ether oxygens (including phenoxy) is 1. The number of para-hydroxylation sites is 1. The number of rotatable bonds is 3. The zero-order chi connectivity index (χ0) is 22.6.